The molecular formula is C61H95N5O13. The zero-order chi connectivity index (χ0) is 58.8. The number of ether oxygens (including phenoxy) is 2. The van der Waals surface area contributed by atoms with Crippen molar-refractivity contribution in [3.63, 3.8) is 0 Å². The number of hydrogen-bond donors (Lipinski definition) is 9. The standard InChI is InChI=1S/C61H95N5O13/c1-12-44(57(62)73)30-38(7)56-42(11)54(71)41(10)52(78-56)33-50(70)35(4)20-15-13-16-21-37(6)51-24-18-14-17-23-48(68)40(9)55(72)45(28-26-39(8)67)58(74)64-53(34(2)3)59(75)63-47(31-43-27-25-36(5)49(69)32-43)60(76)66-29-19-22-46(65-66)61(77)79-51/h13-14,16-18,21,23,25,27,32,34-35,38,40-42,44-48,50-56,65,68-72H,12,15,19-20,22,24,26,28-31,33H2,1-11H3,(H2,62,73)(H,63,75)(H,64,74)/b16-13+,18-14+,23-17+,37-21+/t35-,38-,40-,41-,42-,44-,45+,46?,47-,48-,50-,51-,52-,53-,54-,55+,56+/m0/s1. The Morgan fingerprint density at radius 1 is 0.949 bits per heavy atom. The van der Waals surface area contributed by atoms with E-state index >= 15 is 0 Å². The maximum absolute atomic E-state index is 14.6. The molecule has 0 radical (unpaired) electrons. The van der Waals surface area contributed by atoms with Crippen molar-refractivity contribution in [2.45, 2.75) is 208 Å². The largest absolute Gasteiger partial charge is 0.508 e. The van der Waals surface area contributed by atoms with Crippen molar-refractivity contribution in [2.75, 3.05) is 6.54 Å². The van der Waals surface area contributed by atoms with Gasteiger partial charge in [-0.25, -0.2) is 5.43 Å². The second-order valence-corrected chi connectivity index (χ2v) is 23.4. The van der Waals surface area contributed by atoms with E-state index < -0.39 is 90.1 Å². The van der Waals surface area contributed by atoms with Crippen LogP contribution in [0.1, 0.15) is 145 Å². The van der Waals surface area contributed by atoms with Gasteiger partial charge in [-0.15, -0.1) is 0 Å². The van der Waals surface area contributed by atoms with E-state index in [1.165, 1.54) is 24.1 Å². The van der Waals surface area contributed by atoms with E-state index in [0.29, 0.717) is 61.6 Å². The summed E-state index contributed by atoms with van der Waals surface area (Å²) in [4.78, 5) is 81.3. The summed E-state index contributed by atoms with van der Waals surface area (Å²) >= 11 is 0. The van der Waals surface area contributed by atoms with Crippen LogP contribution < -0.4 is 21.8 Å². The molecular weight excluding hydrogens is 1010 g/mol. The lowest BCUT2D eigenvalue weighted by Crippen LogP contribution is -2.62. The highest BCUT2D eigenvalue weighted by atomic mass is 16.5. The van der Waals surface area contributed by atoms with Crippen LogP contribution >= 0.6 is 0 Å². The Morgan fingerprint density at radius 2 is 1.66 bits per heavy atom. The summed E-state index contributed by atoms with van der Waals surface area (Å²) in [5.41, 5.74) is 10.6. The van der Waals surface area contributed by atoms with Crippen LogP contribution in [0.3, 0.4) is 0 Å². The highest BCUT2D eigenvalue weighted by Gasteiger charge is 2.44. The van der Waals surface area contributed by atoms with E-state index in [9.17, 15) is 54.3 Å². The van der Waals surface area contributed by atoms with Gasteiger partial charge in [0.2, 0.25) is 17.7 Å². The number of primary amides is 1. The summed E-state index contributed by atoms with van der Waals surface area (Å²) in [5, 5.41) is 63.0. The SMILES string of the molecule is CC[C@@H](C[C@H](C)[C@H]1O[C@@H](C[C@H](O)[C@@H](C)CC/C=C/C=C(\C)[C@@H]2C/C=C/C=C/[C@H](O)[C@H](C)[C@@H](O)[C@@H](CCC(C)=O)C(=O)N[C@@H](C(C)C)C(=O)N[C@@H](Cc3ccc(C)c(O)c3)C(=O)N3CCCC(N3)C(=O)O2)[C@H](C)[C@H](O)[C@@H]1C)C(N)=O. The van der Waals surface area contributed by atoms with Gasteiger partial charge >= 0.3 is 5.97 Å². The number of nitrogens with zero attached hydrogens (tertiary/aromatic N) is 1. The van der Waals surface area contributed by atoms with Crippen LogP contribution in [0.2, 0.25) is 0 Å². The predicted molar refractivity (Wildman–Crippen MR) is 302 cm³/mol. The number of cyclic esters (lactones) is 1. The Bertz CT molecular complexity index is 2320. The first kappa shape index (κ1) is 66.3. The van der Waals surface area contributed by atoms with Gasteiger partial charge < -0.3 is 56.2 Å². The fraction of sp³-hybridized carbons (Fsp3) is 0.672. The molecule has 3 aliphatic rings. The number of ketones is 1. The predicted octanol–water partition coefficient (Wildman–Crippen LogP) is 5.74. The number of esters is 1. The number of nitrogens with one attached hydrogen (secondary N) is 3. The summed E-state index contributed by atoms with van der Waals surface area (Å²) in [5.74, 6) is -6.48. The first-order valence-electron chi connectivity index (χ1n) is 28.8. The van der Waals surface area contributed by atoms with Gasteiger partial charge in [-0.2, -0.15) is 0 Å². The van der Waals surface area contributed by atoms with E-state index in [1.54, 1.807) is 58.1 Å². The van der Waals surface area contributed by atoms with Crippen LogP contribution in [0.5, 0.6) is 5.75 Å². The molecule has 0 aromatic heterocycles. The number of phenols is 1. The second kappa shape index (κ2) is 31.7. The van der Waals surface area contributed by atoms with Crippen LogP contribution in [0.25, 0.3) is 0 Å². The number of aliphatic hydroxyl groups excluding tert-OH is 4. The van der Waals surface area contributed by atoms with Crippen LogP contribution in [0.15, 0.2) is 66.3 Å². The normalized spacial score (nSPS) is 31.7. The number of nitrogens with two attached hydrogens (primary N) is 1. The number of aryl methyl sites for hydroxylation is 1. The van der Waals surface area contributed by atoms with Crippen molar-refractivity contribution in [2.24, 2.45) is 53.1 Å². The highest BCUT2D eigenvalue weighted by Crippen LogP contribution is 2.38. The second-order valence-electron chi connectivity index (χ2n) is 23.4. The monoisotopic (exact) mass is 1110 g/mol. The third-order valence-electron chi connectivity index (χ3n) is 16.7. The average molecular weight is 1110 g/mol. The Kier molecular flexibility index (Phi) is 26.6. The van der Waals surface area contributed by atoms with Crippen LogP contribution in [-0.2, 0) is 44.7 Å². The highest BCUT2D eigenvalue weighted by molar-refractivity contribution is 5.93. The van der Waals surface area contributed by atoms with E-state index in [1.807, 2.05) is 59.8 Å². The Morgan fingerprint density at radius 3 is 2.30 bits per heavy atom. The van der Waals surface area contributed by atoms with Crippen molar-refractivity contribution in [3.8, 4) is 5.75 Å². The third kappa shape index (κ3) is 19.5. The zero-order valence-electron chi connectivity index (χ0n) is 48.7. The molecule has 4 amide bonds. The van der Waals surface area contributed by atoms with E-state index in [-0.39, 0.29) is 91.5 Å². The molecule has 2 bridgehead atoms. The number of carbonyl (C=O) groups is 6. The molecule has 3 aliphatic heterocycles. The van der Waals surface area contributed by atoms with E-state index in [0.717, 1.165) is 0 Å². The molecule has 79 heavy (non-hydrogen) atoms. The molecule has 1 aromatic rings. The van der Waals surface area contributed by atoms with Gasteiger partial charge in [0.05, 0.1) is 42.5 Å². The number of rotatable bonds is 19. The maximum atomic E-state index is 14.6. The molecule has 10 N–H and O–H groups in total. The fourth-order valence-corrected chi connectivity index (χ4v) is 10.9. The lowest BCUT2D eigenvalue weighted by atomic mass is 9.75. The summed E-state index contributed by atoms with van der Waals surface area (Å²) in [6.45, 7) is 20.0. The molecule has 1 aromatic carbocycles. The van der Waals surface area contributed by atoms with Gasteiger partial charge in [0.25, 0.3) is 5.91 Å². The minimum Gasteiger partial charge on any atom is -0.508 e. The molecule has 442 valence electrons. The number of benzene rings is 1. The molecule has 4 rings (SSSR count). The number of amides is 4. The topological polar surface area (TPSA) is 287 Å². The Balaban J connectivity index is 1.57. The number of fused-ring (bicyclic) bond motifs is 2. The fourth-order valence-electron chi connectivity index (χ4n) is 10.9. The van der Waals surface area contributed by atoms with Gasteiger partial charge in [0, 0.05) is 55.9 Å². The van der Waals surface area contributed by atoms with Gasteiger partial charge in [-0.1, -0.05) is 110 Å². The zero-order valence-corrected chi connectivity index (χ0v) is 48.7. The molecule has 18 nitrogen and oxygen atoms in total. The maximum Gasteiger partial charge on any atom is 0.325 e. The number of phenolic OH excluding ortho intramolecular Hbond substituents is 1. The first-order valence-corrected chi connectivity index (χ1v) is 28.8. The summed E-state index contributed by atoms with van der Waals surface area (Å²) in [7, 11) is 0. The molecule has 2 saturated heterocycles. The Hall–Kier alpha value is -5.24. The van der Waals surface area contributed by atoms with E-state index in [4.69, 9.17) is 15.2 Å². The lowest BCUT2D eigenvalue weighted by molar-refractivity contribution is -0.190. The van der Waals surface area contributed by atoms with Gasteiger partial charge in [0.1, 0.15) is 35.8 Å². The molecule has 1 unspecified atom stereocenters. The van der Waals surface area contributed by atoms with E-state index in [2.05, 4.69) is 16.1 Å². The van der Waals surface area contributed by atoms with Crippen LogP contribution in [0.4, 0.5) is 0 Å². The number of allylic oxidation sites excluding steroid dienone is 5. The number of hydrogen-bond acceptors (Lipinski definition) is 14. The molecule has 3 heterocycles. The minimum atomic E-state index is -1.44. The quantitative estimate of drug-likeness (QED) is 0.0590. The summed E-state index contributed by atoms with van der Waals surface area (Å²) in [6, 6.07) is 1.57. The average Bonchev–Trinajstić information content (AvgIpc) is 3.42. The van der Waals surface area contributed by atoms with Crippen molar-refractivity contribution in [1.82, 2.24) is 21.1 Å². The lowest BCUT2D eigenvalue weighted by Gasteiger charge is -2.46. The molecule has 0 saturated carbocycles. The third-order valence-corrected chi connectivity index (χ3v) is 16.7. The molecule has 17 atom stereocenters. The molecule has 0 spiro atoms. The smallest absolute Gasteiger partial charge is 0.325 e. The number of carbonyl (C=O) groups excluding carboxylic acids is 6. The number of hydrazine groups is 1. The van der Waals surface area contributed by atoms with Crippen molar-refractivity contribution < 1.29 is 63.8 Å². The molecule has 18 heteroatoms. The number of aromatic hydroxyl groups is 1. The first-order chi connectivity index (χ1) is 37.2. The van der Waals surface area contributed by atoms with Crippen LogP contribution in [-0.4, -0.2) is 133 Å². The van der Waals surface area contributed by atoms with Crippen molar-refractivity contribution >= 4 is 35.4 Å². The van der Waals surface area contributed by atoms with Gasteiger partial charge in [-0.05, 0) is 106 Å². The van der Waals surface area contributed by atoms with Gasteiger partial charge in [0.15, 0.2) is 0 Å². The van der Waals surface area contributed by atoms with Crippen LogP contribution in [0, 0.1) is 54.3 Å². The number of Topliss-reactive ketones (excluding diaryl/α,β-unsaturated/α-hetero) is 1. The summed E-state index contributed by atoms with van der Waals surface area (Å²) in [6.07, 6.45) is 10.4. The van der Waals surface area contributed by atoms with Gasteiger partial charge in [-0.3, -0.25) is 29.0 Å². The van der Waals surface area contributed by atoms with Crippen molar-refractivity contribution in [1.29, 1.82) is 0 Å². The molecule has 2 fully saturated rings. The molecule has 0 aliphatic carbocycles. The summed E-state index contributed by atoms with van der Waals surface area (Å²) < 4.78 is 12.8. The minimum absolute atomic E-state index is 0.001000. The van der Waals surface area contributed by atoms with Crippen molar-refractivity contribution in [3.05, 3.63) is 77.4 Å². The Labute approximate surface area is 469 Å². The number of aliphatic hydroxyl groups is 4.